The number of likely N-dealkylation sites (N-methyl/N-ethyl adjacent to an activating group) is 1. The average molecular weight is 215 g/mol. The van der Waals surface area contributed by atoms with Crippen LogP contribution in [0.4, 0.5) is 0 Å². The second kappa shape index (κ2) is 5.11. The van der Waals surface area contributed by atoms with Crippen molar-refractivity contribution < 1.29 is 0 Å². The van der Waals surface area contributed by atoms with Crippen LogP contribution in [0, 0.1) is 11.3 Å². The molecule has 0 aromatic heterocycles. The van der Waals surface area contributed by atoms with Crippen molar-refractivity contribution in [3.8, 4) is 6.07 Å². The maximum Gasteiger partial charge on any atom is 0.111 e. The Morgan fingerprint density at radius 1 is 1.31 bits per heavy atom. The number of nitriles is 1. The van der Waals surface area contributed by atoms with E-state index in [9.17, 15) is 0 Å². The number of hydrogen-bond acceptors (Lipinski definition) is 3. The maximum absolute atomic E-state index is 9.14. The van der Waals surface area contributed by atoms with E-state index in [1.54, 1.807) is 0 Å². The Morgan fingerprint density at radius 2 is 2.06 bits per heavy atom. The zero-order chi connectivity index (χ0) is 11.4. The molecule has 0 N–H and O–H groups in total. The third-order valence-corrected chi connectivity index (χ3v) is 3.07. The quantitative estimate of drug-likeness (QED) is 0.745. The van der Waals surface area contributed by atoms with Gasteiger partial charge >= 0.3 is 0 Å². The van der Waals surface area contributed by atoms with Crippen molar-refractivity contribution in [1.29, 1.82) is 5.26 Å². The first-order valence-electron chi connectivity index (χ1n) is 5.66. The third-order valence-electron chi connectivity index (χ3n) is 3.07. The molecule has 16 heavy (non-hydrogen) atoms. The number of rotatable bonds is 2. The monoisotopic (exact) mass is 215 g/mol. The minimum absolute atomic E-state index is 0.0268. The smallest absolute Gasteiger partial charge is 0.111 e. The summed E-state index contributed by atoms with van der Waals surface area (Å²) < 4.78 is 0. The molecule has 1 aliphatic heterocycles. The first-order valence-corrected chi connectivity index (χ1v) is 5.66. The summed E-state index contributed by atoms with van der Waals surface area (Å²) in [5.41, 5.74) is 1.28. The molecule has 1 aliphatic rings. The Hall–Kier alpha value is -1.37. The highest BCUT2D eigenvalue weighted by molar-refractivity contribution is 5.15. The average Bonchev–Trinajstić information content (AvgIpc) is 2.33. The van der Waals surface area contributed by atoms with Crippen LogP contribution in [0.5, 0.6) is 0 Å². The molecular weight excluding hydrogens is 198 g/mol. The Morgan fingerprint density at radius 3 is 2.75 bits per heavy atom. The van der Waals surface area contributed by atoms with Crippen LogP contribution in [0.1, 0.15) is 5.56 Å². The van der Waals surface area contributed by atoms with Gasteiger partial charge in [-0.1, -0.05) is 30.3 Å². The Kier molecular flexibility index (Phi) is 3.55. The summed E-state index contributed by atoms with van der Waals surface area (Å²) in [4.78, 5) is 4.48. The van der Waals surface area contributed by atoms with Crippen LogP contribution in [-0.4, -0.2) is 42.5 Å². The van der Waals surface area contributed by atoms with Gasteiger partial charge in [-0.05, 0) is 12.6 Å². The van der Waals surface area contributed by atoms with Gasteiger partial charge in [0.25, 0.3) is 0 Å². The molecule has 3 nitrogen and oxygen atoms in total. The first-order chi connectivity index (χ1) is 7.79. The number of benzene rings is 1. The number of nitrogens with zero attached hydrogens (tertiary/aromatic N) is 3. The van der Waals surface area contributed by atoms with Crippen LogP contribution in [0.25, 0.3) is 0 Å². The Balaban J connectivity index is 2.02. The number of hydrogen-bond donors (Lipinski definition) is 0. The summed E-state index contributed by atoms with van der Waals surface area (Å²) in [7, 11) is 2.07. The van der Waals surface area contributed by atoms with Gasteiger partial charge in [0.05, 0.1) is 6.07 Å². The van der Waals surface area contributed by atoms with E-state index in [4.69, 9.17) is 5.26 Å². The van der Waals surface area contributed by atoms with Gasteiger partial charge in [0.1, 0.15) is 6.04 Å². The van der Waals surface area contributed by atoms with Gasteiger partial charge in [0.2, 0.25) is 0 Å². The predicted molar refractivity (Wildman–Crippen MR) is 63.8 cm³/mol. The molecule has 0 bridgehead atoms. The molecule has 2 rings (SSSR count). The molecule has 0 aliphatic carbocycles. The molecule has 1 atom stereocenters. The second-order valence-corrected chi connectivity index (χ2v) is 4.36. The lowest BCUT2D eigenvalue weighted by Crippen LogP contribution is -2.50. The largest absolute Gasteiger partial charge is 0.302 e. The lowest BCUT2D eigenvalue weighted by atomic mass is 10.1. The lowest BCUT2D eigenvalue weighted by Gasteiger charge is -2.36. The molecule has 0 amide bonds. The van der Waals surface area contributed by atoms with Gasteiger partial charge in [-0.25, -0.2) is 0 Å². The van der Waals surface area contributed by atoms with Crippen LogP contribution in [-0.2, 0) is 6.54 Å². The fourth-order valence-electron chi connectivity index (χ4n) is 2.09. The minimum Gasteiger partial charge on any atom is -0.302 e. The maximum atomic E-state index is 9.14. The highest BCUT2D eigenvalue weighted by atomic mass is 15.3. The van der Waals surface area contributed by atoms with Crippen LogP contribution < -0.4 is 0 Å². The summed E-state index contributed by atoms with van der Waals surface area (Å²) in [6, 6.07) is 12.8. The van der Waals surface area contributed by atoms with Crippen LogP contribution in [0.15, 0.2) is 30.3 Å². The third kappa shape index (κ3) is 2.60. The predicted octanol–water partition coefficient (Wildman–Crippen LogP) is 1.33. The van der Waals surface area contributed by atoms with Crippen molar-refractivity contribution in [2.45, 2.75) is 12.6 Å². The standard InChI is InChI=1S/C13H17N3/c1-15-7-8-16(13(9-14)11-15)10-12-5-3-2-4-6-12/h2-6,13H,7-8,10-11H2,1H3/t13-/m1/s1. The fourth-order valence-corrected chi connectivity index (χ4v) is 2.09. The fraction of sp³-hybridized carbons (Fsp3) is 0.462. The molecule has 1 saturated heterocycles. The van der Waals surface area contributed by atoms with Gasteiger partial charge in [-0.15, -0.1) is 0 Å². The van der Waals surface area contributed by atoms with Crippen LogP contribution in [0.2, 0.25) is 0 Å². The molecule has 1 aromatic carbocycles. The molecule has 1 aromatic rings. The highest BCUT2D eigenvalue weighted by Gasteiger charge is 2.24. The van der Waals surface area contributed by atoms with Gasteiger partial charge in [0, 0.05) is 26.2 Å². The number of piperazine rings is 1. The molecule has 3 heteroatoms. The van der Waals surface area contributed by atoms with E-state index in [1.807, 2.05) is 18.2 Å². The molecular formula is C13H17N3. The van der Waals surface area contributed by atoms with Crippen LogP contribution in [0.3, 0.4) is 0 Å². The van der Waals surface area contributed by atoms with E-state index < -0.39 is 0 Å². The van der Waals surface area contributed by atoms with E-state index in [-0.39, 0.29) is 6.04 Å². The van der Waals surface area contributed by atoms with Crippen molar-refractivity contribution >= 4 is 0 Å². The van der Waals surface area contributed by atoms with Crippen molar-refractivity contribution in [1.82, 2.24) is 9.80 Å². The molecule has 1 fully saturated rings. The van der Waals surface area contributed by atoms with E-state index in [0.29, 0.717) is 0 Å². The molecule has 0 saturated carbocycles. The summed E-state index contributed by atoms with van der Waals surface area (Å²) in [5.74, 6) is 0. The summed E-state index contributed by atoms with van der Waals surface area (Å²) in [6.07, 6.45) is 0. The highest BCUT2D eigenvalue weighted by Crippen LogP contribution is 2.12. The summed E-state index contributed by atoms with van der Waals surface area (Å²) >= 11 is 0. The normalized spacial score (nSPS) is 22.9. The molecule has 1 heterocycles. The summed E-state index contributed by atoms with van der Waals surface area (Å²) in [5, 5.41) is 9.14. The molecule has 0 spiro atoms. The van der Waals surface area contributed by atoms with E-state index in [1.165, 1.54) is 5.56 Å². The van der Waals surface area contributed by atoms with Gasteiger partial charge < -0.3 is 4.90 Å². The van der Waals surface area contributed by atoms with Crippen molar-refractivity contribution in [2.75, 3.05) is 26.7 Å². The topological polar surface area (TPSA) is 30.3 Å². The molecule has 0 unspecified atom stereocenters. The first kappa shape index (κ1) is 11.1. The van der Waals surface area contributed by atoms with E-state index in [2.05, 4.69) is 35.0 Å². The minimum atomic E-state index is 0.0268. The molecule has 0 radical (unpaired) electrons. The Bertz CT molecular complexity index is 369. The van der Waals surface area contributed by atoms with Gasteiger partial charge in [-0.2, -0.15) is 5.26 Å². The SMILES string of the molecule is CN1CCN(Cc2ccccc2)[C@H](C#N)C1. The van der Waals surface area contributed by atoms with E-state index >= 15 is 0 Å². The summed E-state index contributed by atoms with van der Waals surface area (Å²) in [6.45, 7) is 3.75. The lowest BCUT2D eigenvalue weighted by molar-refractivity contribution is 0.113. The zero-order valence-electron chi connectivity index (χ0n) is 9.63. The Labute approximate surface area is 96.9 Å². The zero-order valence-corrected chi connectivity index (χ0v) is 9.63. The van der Waals surface area contributed by atoms with Crippen LogP contribution >= 0.6 is 0 Å². The van der Waals surface area contributed by atoms with Crippen molar-refractivity contribution in [2.24, 2.45) is 0 Å². The van der Waals surface area contributed by atoms with Crippen molar-refractivity contribution in [3.05, 3.63) is 35.9 Å². The van der Waals surface area contributed by atoms with Crippen molar-refractivity contribution in [3.63, 3.8) is 0 Å². The van der Waals surface area contributed by atoms with E-state index in [0.717, 1.165) is 26.2 Å². The van der Waals surface area contributed by atoms with Gasteiger partial charge in [0.15, 0.2) is 0 Å². The molecule has 84 valence electrons. The van der Waals surface area contributed by atoms with Gasteiger partial charge in [-0.3, -0.25) is 4.90 Å². The second-order valence-electron chi connectivity index (χ2n) is 4.36.